The second kappa shape index (κ2) is 5.94. The Labute approximate surface area is 145 Å². The van der Waals surface area contributed by atoms with Crippen molar-refractivity contribution in [3.8, 4) is 34.0 Å². The summed E-state index contributed by atoms with van der Waals surface area (Å²) in [5, 5.41) is 18.3. The summed E-state index contributed by atoms with van der Waals surface area (Å²) in [7, 11) is 1.52. The SMILES string of the molecule is COc1cc(-c2nnc3ccc(-c4ccccc4C)cn23)ccc1O. The molecule has 5 heteroatoms. The molecule has 1 N–H and O–H groups in total. The third-order valence-electron chi connectivity index (χ3n) is 4.30. The molecule has 0 aliphatic heterocycles. The lowest BCUT2D eigenvalue weighted by Gasteiger charge is -2.08. The van der Waals surface area contributed by atoms with Crippen LogP contribution in [0.1, 0.15) is 5.56 Å². The maximum absolute atomic E-state index is 9.80. The number of ether oxygens (including phenoxy) is 1. The molecule has 0 saturated carbocycles. The Hall–Kier alpha value is -3.34. The zero-order chi connectivity index (χ0) is 17.4. The van der Waals surface area contributed by atoms with Crippen LogP contribution in [-0.2, 0) is 0 Å². The minimum atomic E-state index is 0.0978. The fourth-order valence-electron chi connectivity index (χ4n) is 2.96. The Morgan fingerprint density at radius 2 is 1.76 bits per heavy atom. The first kappa shape index (κ1) is 15.2. The molecule has 0 spiro atoms. The predicted molar refractivity (Wildman–Crippen MR) is 96.8 cm³/mol. The second-order valence-corrected chi connectivity index (χ2v) is 5.87. The van der Waals surface area contributed by atoms with Crippen molar-refractivity contribution >= 4 is 5.65 Å². The van der Waals surface area contributed by atoms with Gasteiger partial charge < -0.3 is 9.84 Å². The Morgan fingerprint density at radius 1 is 0.960 bits per heavy atom. The van der Waals surface area contributed by atoms with Crippen LogP contribution in [0.3, 0.4) is 0 Å². The number of fused-ring (bicyclic) bond motifs is 1. The number of aromatic hydroxyl groups is 1. The number of nitrogens with zero attached hydrogens (tertiary/aromatic N) is 3. The van der Waals surface area contributed by atoms with Gasteiger partial charge in [-0.05, 0) is 53.9 Å². The van der Waals surface area contributed by atoms with Crippen molar-refractivity contribution in [3.05, 3.63) is 66.4 Å². The smallest absolute Gasteiger partial charge is 0.168 e. The molecule has 2 aromatic carbocycles. The van der Waals surface area contributed by atoms with E-state index < -0.39 is 0 Å². The average molecular weight is 331 g/mol. The molecule has 25 heavy (non-hydrogen) atoms. The van der Waals surface area contributed by atoms with E-state index in [-0.39, 0.29) is 5.75 Å². The van der Waals surface area contributed by atoms with E-state index in [1.165, 1.54) is 18.2 Å². The van der Waals surface area contributed by atoms with Crippen LogP contribution in [0.2, 0.25) is 0 Å². The number of phenols is 1. The highest BCUT2D eigenvalue weighted by Crippen LogP contribution is 2.31. The van der Waals surface area contributed by atoms with Crippen LogP contribution in [0.4, 0.5) is 0 Å². The average Bonchev–Trinajstić information content (AvgIpc) is 3.06. The highest BCUT2D eigenvalue weighted by molar-refractivity contribution is 5.70. The molecule has 0 bridgehead atoms. The summed E-state index contributed by atoms with van der Waals surface area (Å²) < 4.78 is 7.15. The summed E-state index contributed by atoms with van der Waals surface area (Å²) in [6, 6.07) is 17.4. The number of rotatable bonds is 3. The van der Waals surface area contributed by atoms with Crippen molar-refractivity contribution in [3.63, 3.8) is 0 Å². The Kier molecular flexibility index (Phi) is 3.61. The van der Waals surface area contributed by atoms with E-state index in [2.05, 4.69) is 29.3 Å². The summed E-state index contributed by atoms with van der Waals surface area (Å²) in [4.78, 5) is 0. The number of aryl methyl sites for hydroxylation is 1. The van der Waals surface area contributed by atoms with Gasteiger partial charge in [-0.15, -0.1) is 10.2 Å². The van der Waals surface area contributed by atoms with E-state index in [4.69, 9.17) is 4.74 Å². The van der Waals surface area contributed by atoms with Gasteiger partial charge in [0.15, 0.2) is 23.0 Å². The number of hydrogen-bond donors (Lipinski definition) is 1. The van der Waals surface area contributed by atoms with Gasteiger partial charge in [0.1, 0.15) is 0 Å². The first-order valence-corrected chi connectivity index (χ1v) is 7.95. The van der Waals surface area contributed by atoms with Crippen molar-refractivity contribution in [2.75, 3.05) is 7.11 Å². The Bertz CT molecular complexity index is 1070. The van der Waals surface area contributed by atoms with Gasteiger partial charge in [-0.25, -0.2) is 0 Å². The van der Waals surface area contributed by atoms with Crippen LogP contribution in [0.25, 0.3) is 28.2 Å². The standard InChI is InChI=1S/C20H17N3O2/c1-13-5-3-4-6-16(13)15-8-10-19-21-22-20(23(19)12-15)14-7-9-17(24)18(11-14)25-2/h3-12,24H,1-2H3. The van der Waals surface area contributed by atoms with E-state index in [1.54, 1.807) is 18.2 Å². The first-order chi connectivity index (χ1) is 12.2. The van der Waals surface area contributed by atoms with Crippen LogP contribution in [0, 0.1) is 6.92 Å². The van der Waals surface area contributed by atoms with Gasteiger partial charge in [0.2, 0.25) is 0 Å². The minimum absolute atomic E-state index is 0.0978. The summed E-state index contributed by atoms with van der Waals surface area (Å²) >= 11 is 0. The summed E-state index contributed by atoms with van der Waals surface area (Å²) in [6.45, 7) is 2.09. The number of phenolic OH excluding ortho intramolecular Hbond substituents is 1. The van der Waals surface area contributed by atoms with Crippen LogP contribution in [0.5, 0.6) is 11.5 Å². The molecule has 2 aromatic heterocycles. The Balaban J connectivity index is 1.89. The molecule has 0 unspecified atom stereocenters. The lowest BCUT2D eigenvalue weighted by molar-refractivity contribution is 0.373. The zero-order valence-electron chi connectivity index (χ0n) is 14.0. The van der Waals surface area contributed by atoms with Crippen LogP contribution >= 0.6 is 0 Å². The first-order valence-electron chi connectivity index (χ1n) is 7.95. The van der Waals surface area contributed by atoms with E-state index >= 15 is 0 Å². The van der Waals surface area contributed by atoms with Gasteiger partial charge >= 0.3 is 0 Å². The van der Waals surface area contributed by atoms with E-state index in [0.717, 1.165) is 16.8 Å². The predicted octanol–water partition coefficient (Wildman–Crippen LogP) is 4.09. The largest absolute Gasteiger partial charge is 0.504 e. The molecule has 2 heterocycles. The van der Waals surface area contributed by atoms with E-state index in [1.807, 2.05) is 34.9 Å². The summed E-state index contributed by atoms with van der Waals surface area (Å²) in [5.41, 5.74) is 5.07. The van der Waals surface area contributed by atoms with Crippen LogP contribution < -0.4 is 4.74 Å². The van der Waals surface area contributed by atoms with Gasteiger partial charge in [-0.3, -0.25) is 4.40 Å². The van der Waals surface area contributed by atoms with Gasteiger partial charge in [0, 0.05) is 11.8 Å². The maximum Gasteiger partial charge on any atom is 0.168 e. The minimum Gasteiger partial charge on any atom is -0.504 e. The lowest BCUT2D eigenvalue weighted by atomic mass is 10.0. The van der Waals surface area contributed by atoms with Gasteiger partial charge in [-0.1, -0.05) is 24.3 Å². The number of pyridine rings is 1. The topological polar surface area (TPSA) is 59.7 Å². The normalized spacial score (nSPS) is 11.0. The lowest BCUT2D eigenvalue weighted by Crippen LogP contribution is -1.93. The summed E-state index contributed by atoms with van der Waals surface area (Å²) in [5.74, 6) is 1.20. The summed E-state index contributed by atoms with van der Waals surface area (Å²) in [6.07, 6.45) is 2.03. The molecule has 0 saturated heterocycles. The van der Waals surface area contributed by atoms with Crippen LogP contribution in [-0.4, -0.2) is 26.8 Å². The van der Waals surface area contributed by atoms with Crippen molar-refractivity contribution < 1.29 is 9.84 Å². The van der Waals surface area contributed by atoms with Gasteiger partial charge in [-0.2, -0.15) is 0 Å². The molecule has 124 valence electrons. The highest BCUT2D eigenvalue weighted by Gasteiger charge is 2.12. The fourth-order valence-corrected chi connectivity index (χ4v) is 2.96. The number of benzene rings is 2. The molecule has 0 aliphatic carbocycles. The molecule has 5 nitrogen and oxygen atoms in total. The number of methoxy groups -OCH3 is 1. The van der Waals surface area contributed by atoms with Crippen molar-refractivity contribution in [1.29, 1.82) is 0 Å². The van der Waals surface area contributed by atoms with Crippen molar-refractivity contribution in [2.45, 2.75) is 6.92 Å². The van der Waals surface area contributed by atoms with Crippen molar-refractivity contribution in [1.82, 2.24) is 14.6 Å². The van der Waals surface area contributed by atoms with E-state index in [9.17, 15) is 5.11 Å². The molecule has 4 aromatic rings. The maximum atomic E-state index is 9.80. The molecule has 0 amide bonds. The molecule has 4 rings (SSSR count). The molecule has 0 fully saturated rings. The number of hydrogen-bond acceptors (Lipinski definition) is 4. The van der Waals surface area contributed by atoms with Crippen LogP contribution in [0.15, 0.2) is 60.8 Å². The monoisotopic (exact) mass is 331 g/mol. The fraction of sp³-hybridized carbons (Fsp3) is 0.100. The third kappa shape index (κ3) is 2.59. The molecule has 0 radical (unpaired) electrons. The third-order valence-corrected chi connectivity index (χ3v) is 4.30. The number of aromatic nitrogens is 3. The van der Waals surface area contributed by atoms with E-state index in [0.29, 0.717) is 11.6 Å². The van der Waals surface area contributed by atoms with Gasteiger partial charge in [0.05, 0.1) is 7.11 Å². The molecular formula is C20H17N3O2. The molecule has 0 atom stereocenters. The van der Waals surface area contributed by atoms with Crippen molar-refractivity contribution in [2.24, 2.45) is 0 Å². The highest BCUT2D eigenvalue weighted by atomic mass is 16.5. The molecular weight excluding hydrogens is 314 g/mol. The van der Waals surface area contributed by atoms with Gasteiger partial charge in [0.25, 0.3) is 0 Å². The zero-order valence-corrected chi connectivity index (χ0v) is 14.0. The molecule has 0 aliphatic rings. The second-order valence-electron chi connectivity index (χ2n) is 5.87. The quantitative estimate of drug-likeness (QED) is 0.614. The Morgan fingerprint density at radius 3 is 2.56 bits per heavy atom.